The van der Waals surface area contributed by atoms with Gasteiger partial charge in [-0.3, -0.25) is 9.59 Å². The second kappa shape index (κ2) is 6.57. The molecule has 8 heteroatoms. The van der Waals surface area contributed by atoms with E-state index in [4.69, 9.17) is 0 Å². The van der Waals surface area contributed by atoms with E-state index >= 15 is 0 Å². The van der Waals surface area contributed by atoms with E-state index < -0.39 is 0 Å². The van der Waals surface area contributed by atoms with E-state index in [1.54, 1.807) is 12.3 Å². The SMILES string of the molecule is Cc1nnc(SCC(=O)c2c[nH]c(C(=O)N3CCCC3)c2)n1C. The lowest BCUT2D eigenvalue weighted by molar-refractivity contribution is 0.0787. The highest BCUT2D eigenvalue weighted by Gasteiger charge is 2.22. The molecule has 1 amide bonds. The first kappa shape index (κ1) is 15.8. The van der Waals surface area contributed by atoms with Crippen molar-refractivity contribution in [1.29, 1.82) is 0 Å². The molecular formula is C15H19N5O2S. The Balaban J connectivity index is 1.62. The maximum absolute atomic E-state index is 12.3. The van der Waals surface area contributed by atoms with Gasteiger partial charge in [-0.25, -0.2) is 0 Å². The standard InChI is InChI=1S/C15H19N5O2S/c1-10-17-18-15(19(10)2)23-9-13(21)11-7-12(16-8-11)14(22)20-5-3-4-6-20/h7-8,16H,3-6,9H2,1-2H3. The summed E-state index contributed by atoms with van der Waals surface area (Å²) in [6.45, 7) is 3.45. The molecule has 2 aromatic rings. The Hall–Kier alpha value is -2.09. The quantitative estimate of drug-likeness (QED) is 0.664. The first-order valence-corrected chi connectivity index (χ1v) is 8.54. The van der Waals surface area contributed by atoms with Crippen molar-refractivity contribution < 1.29 is 9.59 Å². The van der Waals surface area contributed by atoms with Crippen LogP contribution in [0.3, 0.4) is 0 Å². The Bertz CT molecular complexity index is 730. The molecule has 0 aliphatic carbocycles. The van der Waals surface area contributed by atoms with Gasteiger partial charge < -0.3 is 14.5 Å². The molecule has 1 aliphatic rings. The van der Waals surface area contributed by atoms with E-state index in [1.165, 1.54) is 11.8 Å². The zero-order chi connectivity index (χ0) is 16.4. The van der Waals surface area contributed by atoms with Crippen LogP contribution in [0.1, 0.15) is 39.5 Å². The molecule has 0 atom stereocenters. The van der Waals surface area contributed by atoms with Crippen molar-refractivity contribution in [3.63, 3.8) is 0 Å². The number of rotatable bonds is 5. The normalized spacial score (nSPS) is 14.4. The lowest BCUT2D eigenvalue weighted by atomic mass is 10.2. The van der Waals surface area contributed by atoms with Crippen molar-refractivity contribution in [3.05, 3.63) is 29.3 Å². The fourth-order valence-corrected chi connectivity index (χ4v) is 3.35. The lowest BCUT2D eigenvalue weighted by Gasteiger charge is -2.13. The smallest absolute Gasteiger partial charge is 0.270 e. The molecule has 0 saturated carbocycles. The third-order valence-corrected chi connectivity index (χ3v) is 5.03. The van der Waals surface area contributed by atoms with Crippen molar-refractivity contribution >= 4 is 23.5 Å². The molecule has 1 fully saturated rings. The Kier molecular flexibility index (Phi) is 4.51. The number of likely N-dealkylation sites (tertiary alicyclic amines) is 1. The minimum absolute atomic E-state index is 0.0295. The van der Waals surface area contributed by atoms with Gasteiger partial charge >= 0.3 is 0 Å². The van der Waals surface area contributed by atoms with Gasteiger partial charge in [-0.15, -0.1) is 10.2 Å². The third-order valence-electron chi connectivity index (χ3n) is 4.01. The van der Waals surface area contributed by atoms with Crippen LogP contribution in [0.4, 0.5) is 0 Å². The average molecular weight is 333 g/mol. The molecule has 0 spiro atoms. The number of nitrogens with one attached hydrogen (secondary N) is 1. The minimum atomic E-state index is -0.0348. The summed E-state index contributed by atoms with van der Waals surface area (Å²) < 4.78 is 1.84. The number of aryl methyl sites for hydroxylation is 1. The molecule has 0 aromatic carbocycles. The predicted molar refractivity (Wildman–Crippen MR) is 86.7 cm³/mol. The van der Waals surface area contributed by atoms with Crippen LogP contribution in [0.2, 0.25) is 0 Å². The lowest BCUT2D eigenvalue weighted by Crippen LogP contribution is -2.27. The number of nitrogens with zero attached hydrogens (tertiary/aromatic N) is 4. The monoisotopic (exact) mass is 333 g/mol. The Labute approximate surface area is 138 Å². The molecule has 122 valence electrons. The van der Waals surface area contributed by atoms with Gasteiger partial charge in [0, 0.05) is 31.9 Å². The van der Waals surface area contributed by atoms with Gasteiger partial charge in [0.15, 0.2) is 10.9 Å². The maximum Gasteiger partial charge on any atom is 0.270 e. The number of hydrogen-bond donors (Lipinski definition) is 1. The molecule has 0 bridgehead atoms. The van der Waals surface area contributed by atoms with Gasteiger partial charge in [0.25, 0.3) is 5.91 Å². The summed E-state index contributed by atoms with van der Waals surface area (Å²) in [5.74, 6) is 1.01. The summed E-state index contributed by atoms with van der Waals surface area (Å²) in [4.78, 5) is 29.3. The number of H-pyrrole nitrogens is 1. The van der Waals surface area contributed by atoms with Gasteiger partial charge in [0.1, 0.15) is 11.5 Å². The Morgan fingerprint density at radius 1 is 1.30 bits per heavy atom. The molecule has 1 aliphatic heterocycles. The number of aromatic amines is 1. The van der Waals surface area contributed by atoms with E-state index in [0.717, 1.165) is 31.8 Å². The highest BCUT2D eigenvalue weighted by molar-refractivity contribution is 7.99. The minimum Gasteiger partial charge on any atom is -0.356 e. The van der Waals surface area contributed by atoms with Crippen molar-refractivity contribution in [2.45, 2.75) is 24.9 Å². The summed E-state index contributed by atoms with van der Waals surface area (Å²) in [5.41, 5.74) is 1.01. The molecule has 23 heavy (non-hydrogen) atoms. The highest BCUT2D eigenvalue weighted by Crippen LogP contribution is 2.18. The number of thioether (sulfide) groups is 1. The zero-order valence-corrected chi connectivity index (χ0v) is 14.0. The molecular weight excluding hydrogens is 314 g/mol. The van der Waals surface area contributed by atoms with Crippen molar-refractivity contribution in [2.75, 3.05) is 18.8 Å². The summed E-state index contributed by atoms with van der Waals surface area (Å²) >= 11 is 1.34. The van der Waals surface area contributed by atoms with Crippen LogP contribution in [0.25, 0.3) is 0 Å². The number of carbonyl (C=O) groups excluding carboxylic acids is 2. The number of amides is 1. The number of Topliss-reactive ketones (excluding diaryl/α,β-unsaturated/α-hetero) is 1. The number of ketones is 1. The summed E-state index contributed by atoms with van der Waals surface area (Å²) in [6, 6.07) is 1.64. The van der Waals surface area contributed by atoms with Crippen molar-refractivity contribution in [2.24, 2.45) is 7.05 Å². The van der Waals surface area contributed by atoms with Gasteiger partial charge in [-0.05, 0) is 25.8 Å². The average Bonchev–Trinajstić information content (AvgIpc) is 3.28. The first-order valence-electron chi connectivity index (χ1n) is 7.56. The molecule has 2 aromatic heterocycles. The molecule has 0 unspecified atom stereocenters. The fourth-order valence-electron chi connectivity index (χ4n) is 2.50. The molecule has 7 nitrogen and oxygen atoms in total. The molecule has 1 saturated heterocycles. The summed E-state index contributed by atoms with van der Waals surface area (Å²) in [6.07, 6.45) is 3.70. The zero-order valence-electron chi connectivity index (χ0n) is 13.2. The summed E-state index contributed by atoms with van der Waals surface area (Å²) in [5, 5.41) is 8.69. The van der Waals surface area contributed by atoms with Crippen molar-refractivity contribution in [3.8, 4) is 0 Å². The third kappa shape index (κ3) is 3.31. The molecule has 3 rings (SSSR count). The van der Waals surface area contributed by atoms with E-state index in [9.17, 15) is 9.59 Å². The van der Waals surface area contributed by atoms with Crippen LogP contribution < -0.4 is 0 Å². The largest absolute Gasteiger partial charge is 0.356 e. The second-order valence-electron chi connectivity index (χ2n) is 5.60. The van der Waals surface area contributed by atoms with Gasteiger partial charge in [-0.1, -0.05) is 11.8 Å². The predicted octanol–water partition coefficient (Wildman–Crippen LogP) is 1.66. The maximum atomic E-state index is 12.3. The highest BCUT2D eigenvalue weighted by atomic mass is 32.2. The van der Waals surface area contributed by atoms with Crippen molar-refractivity contribution in [1.82, 2.24) is 24.6 Å². The number of aromatic nitrogens is 4. The van der Waals surface area contributed by atoms with Gasteiger partial charge in [0.2, 0.25) is 0 Å². The Morgan fingerprint density at radius 2 is 2.04 bits per heavy atom. The second-order valence-corrected chi connectivity index (χ2v) is 6.54. The molecule has 1 N–H and O–H groups in total. The van der Waals surface area contributed by atoms with E-state index in [-0.39, 0.29) is 17.4 Å². The van der Waals surface area contributed by atoms with E-state index in [0.29, 0.717) is 16.4 Å². The number of hydrogen-bond acceptors (Lipinski definition) is 5. The van der Waals surface area contributed by atoms with Crippen LogP contribution >= 0.6 is 11.8 Å². The van der Waals surface area contributed by atoms with Crippen LogP contribution in [0.5, 0.6) is 0 Å². The van der Waals surface area contributed by atoms with E-state index in [2.05, 4.69) is 15.2 Å². The van der Waals surface area contributed by atoms with Gasteiger partial charge in [-0.2, -0.15) is 0 Å². The topological polar surface area (TPSA) is 83.9 Å². The van der Waals surface area contributed by atoms with Crippen LogP contribution in [-0.4, -0.2) is 55.2 Å². The first-order chi connectivity index (χ1) is 11.1. The fraction of sp³-hybridized carbons (Fsp3) is 0.467. The van der Waals surface area contributed by atoms with Crippen LogP contribution in [0.15, 0.2) is 17.4 Å². The van der Waals surface area contributed by atoms with E-state index in [1.807, 2.05) is 23.4 Å². The van der Waals surface area contributed by atoms with Crippen LogP contribution in [0, 0.1) is 6.92 Å². The van der Waals surface area contributed by atoms with Crippen LogP contribution in [-0.2, 0) is 7.05 Å². The molecule has 0 radical (unpaired) electrons. The Morgan fingerprint density at radius 3 is 2.70 bits per heavy atom. The van der Waals surface area contributed by atoms with Gasteiger partial charge in [0.05, 0.1) is 5.75 Å². The number of carbonyl (C=O) groups is 2. The molecule has 3 heterocycles. The summed E-state index contributed by atoms with van der Waals surface area (Å²) in [7, 11) is 1.87.